The average Bonchev–Trinajstić information content (AvgIpc) is 2.29. The number of hydrogen-bond donors (Lipinski definition) is 3. The lowest BCUT2D eigenvalue weighted by atomic mass is 10.0. The van der Waals surface area contributed by atoms with Gasteiger partial charge in [-0.05, 0) is 17.7 Å². The number of carboxylic acids is 1. The van der Waals surface area contributed by atoms with E-state index in [9.17, 15) is 19.5 Å². The fourth-order valence-electron chi connectivity index (χ4n) is 1.51. The van der Waals surface area contributed by atoms with Crippen LogP contribution in [0, 0.1) is 0 Å². The van der Waals surface area contributed by atoms with E-state index in [1.54, 1.807) is 0 Å². The van der Waals surface area contributed by atoms with Crippen LogP contribution < -0.4 is 5.32 Å². The normalized spacial score (nSPS) is 11.6. The number of carbonyl (C=O) groups is 3. The summed E-state index contributed by atoms with van der Waals surface area (Å²) in [6.07, 6.45) is 0.517. The summed E-state index contributed by atoms with van der Waals surface area (Å²) < 4.78 is 0. The summed E-state index contributed by atoms with van der Waals surface area (Å²) in [4.78, 5) is 32.4. The topological polar surface area (TPSA) is 104 Å². The Bertz CT molecular complexity index is 483. The lowest BCUT2D eigenvalue weighted by Gasteiger charge is -2.13. The molecule has 18 heavy (non-hydrogen) atoms. The summed E-state index contributed by atoms with van der Waals surface area (Å²) in [7, 11) is 0. The van der Waals surface area contributed by atoms with Crippen LogP contribution in [0.5, 0.6) is 5.75 Å². The van der Waals surface area contributed by atoms with E-state index in [0.29, 0.717) is 11.8 Å². The molecule has 0 aliphatic rings. The molecule has 0 bridgehead atoms. The summed E-state index contributed by atoms with van der Waals surface area (Å²) in [6, 6.07) is 3.14. The third-order valence-corrected chi connectivity index (χ3v) is 2.33. The molecule has 0 radical (unpaired) electrons. The first kappa shape index (κ1) is 13.7. The molecule has 0 unspecified atom stereocenters. The molecule has 0 fully saturated rings. The lowest BCUT2D eigenvalue weighted by Crippen LogP contribution is -2.41. The van der Waals surface area contributed by atoms with Crippen LogP contribution in [-0.4, -0.2) is 34.4 Å². The van der Waals surface area contributed by atoms with E-state index >= 15 is 0 Å². The minimum atomic E-state index is -1.16. The van der Waals surface area contributed by atoms with Crippen molar-refractivity contribution >= 4 is 18.2 Å². The van der Waals surface area contributed by atoms with Gasteiger partial charge in [0.05, 0.1) is 5.56 Å². The van der Waals surface area contributed by atoms with Gasteiger partial charge in [-0.25, -0.2) is 4.79 Å². The van der Waals surface area contributed by atoms with Crippen molar-refractivity contribution in [1.82, 2.24) is 5.32 Å². The maximum absolute atomic E-state index is 10.9. The van der Waals surface area contributed by atoms with Crippen LogP contribution in [0.2, 0.25) is 0 Å². The highest BCUT2D eigenvalue weighted by molar-refractivity contribution is 5.83. The molecule has 0 saturated heterocycles. The highest BCUT2D eigenvalue weighted by Crippen LogP contribution is 2.17. The van der Waals surface area contributed by atoms with E-state index in [-0.39, 0.29) is 17.7 Å². The number of benzene rings is 1. The molecule has 0 aliphatic heterocycles. The van der Waals surface area contributed by atoms with Crippen molar-refractivity contribution in [3.63, 3.8) is 0 Å². The van der Waals surface area contributed by atoms with Gasteiger partial charge in [-0.15, -0.1) is 0 Å². The smallest absolute Gasteiger partial charge is 0.326 e. The quantitative estimate of drug-likeness (QED) is 0.654. The number of aliphatic carboxylic acids is 1. The molecule has 1 atom stereocenters. The molecule has 0 aromatic heterocycles. The molecule has 1 aromatic rings. The number of phenols is 1. The maximum atomic E-state index is 10.9. The van der Waals surface area contributed by atoms with Gasteiger partial charge in [0.15, 0.2) is 6.29 Å². The van der Waals surface area contributed by atoms with Crippen LogP contribution in [0.4, 0.5) is 0 Å². The fourth-order valence-corrected chi connectivity index (χ4v) is 1.51. The molecular formula is C12H13NO5. The molecule has 0 aliphatic carbocycles. The number of carbonyl (C=O) groups excluding carboxylic acids is 2. The van der Waals surface area contributed by atoms with E-state index in [0.717, 1.165) is 0 Å². The number of nitrogens with one attached hydrogen (secondary N) is 1. The summed E-state index contributed by atoms with van der Waals surface area (Å²) in [5, 5.41) is 20.5. The van der Waals surface area contributed by atoms with Crippen LogP contribution in [0.3, 0.4) is 0 Å². The second-order valence-corrected chi connectivity index (χ2v) is 3.81. The molecule has 0 saturated carbocycles. The maximum Gasteiger partial charge on any atom is 0.326 e. The Labute approximate surface area is 103 Å². The SMILES string of the molecule is CC(=O)N[C@@H](Cc1ccc(O)c(C=O)c1)C(=O)O. The van der Waals surface area contributed by atoms with Gasteiger partial charge in [0, 0.05) is 13.3 Å². The summed E-state index contributed by atoms with van der Waals surface area (Å²) in [5.41, 5.74) is 0.621. The van der Waals surface area contributed by atoms with Crippen LogP contribution in [0.25, 0.3) is 0 Å². The van der Waals surface area contributed by atoms with Gasteiger partial charge in [-0.1, -0.05) is 6.07 Å². The van der Waals surface area contributed by atoms with Gasteiger partial charge in [0.1, 0.15) is 11.8 Å². The predicted octanol–water partition coefficient (Wildman–Crippen LogP) is 0.336. The van der Waals surface area contributed by atoms with E-state index in [1.807, 2.05) is 0 Å². The Morgan fingerprint density at radius 3 is 2.61 bits per heavy atom. The third-order valence-electron chi connectivity index (χ3n) is 2.33. The van der Waals surface area contributed by atoms with Gasteiger partial charge < -0.3 is 15.5 Å². The Morgan fingerprint density at radius 2 is 2.11 bits per heavy atom. The van der Waals surface area contributed by atoms with Crippen molar-refractivity contribution in [3.05, 3.63) is 29.3 Å². The van der Waals surface area contributed by atoms with E-state index in [4.69, 9.17) is 5.11 Å². The van der Waals surface area contributed by atoms with Gasteiger partial charge in [0.2, 0.25) is 5.91 Å². The fraction of sp³-hybridized carbons (Fsp3) is 0.250. The standard InChI is InChI=1S/C12H13NO5/c1-7(15)13-10(12(17)18)5-8-2-3-11(16)9(4-8)6-14/h2-4,6,10,16H,5H2,1H3,(H,13,15)(H,17,18)/t10-/m0/s1. The van der Waals surface area contributed by atoms with Crippen LogP contribution in [0.1, 0.15) is 22.8 Å². The number of carboxylic acid groups (broad SMARTS) is 1. The first-order valence-electron chi connectivity index (χ1n) is 5.21. The van der Waals surface area contributed by atoms with Crippen molar-refractivity contribution in [2.75, 3.05) is 0 Å². The highest BCUT2D eigenvalue weighted by atomic mass is 16.4. The molecule has 1 aromatic carbocycles. The minimum absolute atomic E-state index is 0.0377. The Kier molecular flexibility index (Phi) is 4.42. The Hall–Kier alpha value is -2.37. The monoisotopic (exact) mass is 251 g/mol. The number of amides is 1. The average molecular weight is 251 g/mol. The zero-order valence-electron chi connectivity index (χ0n) is 9.71. The van der Waals surface area contributed by atoms with Crippen LogP contribution in [0.15, 0.2) is 18.2 Å². The van der Waals surface area contributed by atoms with Gasteiger partial charge in [0.25, 0.3) is 0 Å². The molecular weight excluding hydrogens is 238 g/mol. The van der Waals surface area contributed by atoms with Gasteiger partial charge in [-0.2, -0.15) is 0 Å². The largest absolute Gasteiger partial charge is 0.507 e. The van der Waals surface area contributed by atoms with Crippen molar-refractivity contribution in [2.24, 2.45) is 0 Å². The number of rotatable bonds is 5. The molecule has 0 heterocycles. The van der Waals surface area contributed by atoms with E-state index in [1.165, 1.54) is 25.1 Å². The Balaban J connectivity index is 2.90. The van der Waals surface area contributed by atoms with Gasteiger partial charge >= 0.3 is 5.97 Å². The molecule has 6 heteroatoms. The third kappa shape index (κ3) is 3.58. The predicted molar refractivity (Wildman–Crippen MR) is 62.4 cm³/mol. The molecule has 1 rings (SSSR count). The van der Waals surface area contributed by atoms with Crippen molar-refractivity contribution < 1.29 is 24.6 Å². The number of phenolic OH excluding ortho intramolecular Hbond substituents is 1. The van der Waals surface area contributed by atoms with Crippen molar-refractivity contribution in [2.45, 2.75) is 19.4 Å². The number of aromatic hydroxyl groups is 1. The molecule has 0 spiro atoms. The first-order chi connectivity index (χ1) is 8.43. The zero-order valence-corrected chi connectivity index (χ0v) is 9.71. The molecule has 96 valence electrons. The minimum Gasteiger partial charge on any atom is -0.507 e. The van der Waals surface area contributed by atoms with Crippen LogP contribution >= 0.6 is 0 Å². The number of hydrogen-bond acceptors (Lipinski definition) is 4. The highest BCUT2D eigenvalue weighted by Gasteiger charge is 2.19. The molecule has 6 nitrogen and oxygen atoms in total. The van der Waals surface area contributed by atoms with E-state index in [2.05, 4.69) is 5.32 Å². The van der Waals surface area contributed by atoms with Crippen LogP contribution in [-0.2, 0) is 16.0 Å². The lowest BCUT2D eigenvalue weighted by molar-refractivity contribution is -0.141. The number of aldehydes is 1. The summed E-state index contributed by atoms with van der Waals surface area (Å²) in [6.45, 7) is 1.23. The molecule has 1 amide bonds. The summed E-state index contributed by atoms with van der Waals surface area (Å²) in [5.74, 6) is -1.78. The summed E-state index contributed by atoms with van der Waals surface area (Å²) >= 11 is 0. The first-order valence-corrected chi connectivity index (χ1v) is 5.21. The second kappa shape index (κ2) is 5.81. The van der Waals surface area contributed by atoms with Crippen molar-refractivity contribution in [1.29, 1.82) is 0 Å². The Morgan fingerprint density at radius 1 is 1.44 bits per heavy atom. The zero-order chi connectivity index (χ0) is 13.7. The van der Waals surface area contributed by atoms with Crippen molar-refractivity contribution in [3.8, 4) is 5.75 Å². The van der Waals surface area contributed by atoms with Gasteiger partial charge in [-0.3, -0.25) is 9.59 Å². The second-order valence-electron chi connectivity index (χ2n) is 3.81. The molecule has 3 N–H and O–H groups in total. The van der Waals surface area contributed by atoms with E-state index < -0.39 is 17.9 Å².